The minimum atomic E-state index is -0.826. The van der Waals surface area contributed by atoms with Gasteiger partial charge in [-0.25, -0.2) is 0 Å². The maximum absolute atomic E-state index is 11.2. The summed E-state index contributed by atoms with van der Waals surface area (Å²) in [6.07, 6.45) is 1.81. The van der Waals surface area contributed by atoms with Crippen molar-refractivity contribution in [1.29, 1.82) is 0 Å². The molecule has 0 aliphatic heterocycles. The van der Waals surface area contributed by atoms with Gasteiger partial charge in [-0.05, 0) is 30.5 Å². The van der Waals surface area contributed by atoms with Crippen molar-refractivity contribution in [3.8, 4) is 16.9 Å². The van der Waals surface area contributed by atoms with E-state index in [0.29, 0.717) is 5.75 Å². The quantitative estimate of drug-likeness (QED) is 0.346. The molecule has 3 aromatic carbocycles. The molecule has 0 spiro atoms. The normalized spacial score (nSPS) is 11.3. The van der Waals surface area contributed by atoms with Crippen LogP contribution in [0.3, 0.4) is 0 Å². The predicted molar refractivity (Wildman–Crippen MR) is 127 cm³/mol. The fraction of sp³-hybridized carbons (Fsp3) is 0.240. The fourth-order valence-electron chi connectivity index (χ4n) is 3.35. The summed E-state index contributed by atoms with van der Waals surface area (Å²) in [7, 11) is 9.87. The zero-order valence-electron chi connectivity index (χ0n) is 17.7. The van der Waals surface area contributed by atoms with E-state index in [4.69, 9.17) is 17.0 Å². The summed E-state index contributed by atoms with van der Waals surface area (Å²) in [5.41, 5.74) is 4.59. The molecule has 3 rings (SSSR count). The Kier molecular flexibility index (Phi) is 9.81. The van der Waals surface area contributed by atoms with Crippen LogP contribution in [0.15, 0.2) is 77.8 Å². The molecule has 0 fully saturated rings. The van der Waals surface area contributed by atoms with Crippen LogP contribution in [0.25, 0.3) is 11.1 Å². The number of hydrogen-bond donors (Lipinski definition) is 1. The van der Waals surface area contributed by atoms with Crippen LogP contribution in [0.2, 0.25) is 0 Å². The molecular weight excluding hydrogens is 492 g/mol. The van der Waals surface area contributed by atoms with Crippen molar-refractivity contribution in [3.05, 3.63) is 89.5 Å². The van der Waals surface area contributed by atoms with Crippen LogP contribution in [0.1, 0.15) is 44.4 Å². The first-order chi connectivity index (χ1) is 14.3. The van der Waals surface area contributed by atoms with Gasteiger partial charge in [0.05, 0.1) is 0 Å². The van der Waals surface area contributed by atoms with Crippen molar-refractivity contribution in [2.24, 2.45) is 4.99 Å². The van der Waals surface area contributed by atoms with Gasteiger partial charge in [0.1, 0.15) is 5.75 Å². The third-order valence-corrected chi connectivity index (χ3v) is 4.97. The van der Waals surface area contributed by atoms with Gasteiger partial charge in [0.25, 0.3) is 0 Å². The summed E-state index contributed by atoms with van der Waals surface area (Å²) in [6, 6.07) is 24.7. The van der Waals surface area contributed by atoms with Gasteiger partial charge in [0.15, 0.2) is 0 Å². The third-order valence-electron chi connectivity index (χ3n) is 4.97. The van der Waals surface area contributed by atoms with E-state index >= 15 is 0 Å². The molecule has 0 heterocycles. The van der Waals surface area contributed by atoms with Gasteiger partial charge >= 0.3 is 37.9 Å². The number of rotatable bonds is 5. The summed E-state index contributed by atoms with van der Waals surface area (Å²) in [4.78, 5) is 4.55. The maximum atomic E-state index is 11.2. The van der Waals surface area contributed by atoms with Gasteiger partial charge < -0.3 is 5.11 Å². The van der Waals surface area contributed by atoms with E-state index in [2.05, 4.69) is 49.2 Å². The molecule has 0 saturated heterocycles. The molecule has 0 aromatic heterocycles. The van der Waals surface area contributed by atoms with Gasteiger partial charge in [0, 0.05) is 28.8 Å². The molecule has 2 nitrogen and oxygen atoms in total. The Balaban J connectivity index is 0.00000101. The molecule has 0 aliphatic carbocycles. The van der Waals surface area contributed by atoms with Crippen LogP contribution in [-0.4, -0.2) is 17.4 Å². The zero-order valence-corrected chi connectivity index (χ0v) is 21.7. The molecule has 3 aromatic rings. The first-order valence-corrected chi connectivity index (χ1v) is 16.1. The third kappa shape index (κ3) is 6.30. The molecule has 5 heteroatoms. The van der Waals surface area contributed by atoms with Crippen molar-refractivity contribution in [1.82, 2.24) is 0 Å². The van der Waals surface area contributed by atoms with Crippen LogP contribution in [0, 0.1) is 0 Å². The Morgan fingerprint density at radius 3 is 1.97 bits per heavy atom. The molecule has 0 bridgehead atoms. The Labute approximate surface area is 198 Å². The van der Waals surface area contributed by atoms with E-state index in [1.807, 2.05) is 62.5 Å². The second kappa shape index (κ2) is 11.8. The molecule has 0 atom stereocenters. The average Bonchev–Trinajstić information content (AvgIpc) is 2.74. The number of aromatic hydroxyl groups is 1. The molecular formula is C25H27Cl2NOZr. The molecule has 30 heavy (non-hydrogen) atoms. The second-order valence-corrected chi connectivity index (χ2v) is 11.5. The minimum absolute atomic E-state index is 0.166. The number of halogens is 2. The van der Waals surface area contributed by atoms with E-state index in [9.17, 15) is 5.11 Å². The fourth-order valence-corrected chi connectivity index (χ4v) is 3.35. The van der Waals surface area contributed by atoms with Gasteiger partial charge in [-0.3, -0.25) is 4.99 Å². The summed E-state index contributed by atoms with van der Waals surface area (Å²) >= 11 is -0.826. The monoisotopic (exact) mass is 517 g/mol. The summed E-state index contributed by atoms with van der Waals surface area (Å²) < 4.78 is 0. The second-order valence-electron chi connectivity index (χ2n) is 7.72. The molecule has 0 unspecified atom stereocenters. The van der Waals surface area contributed by atoms with E-state index < -0.39 is 20.8 Å². The topological polar surface area (TPSA) is 32.6 Å². The van der Waals surface area contributed by atoms with Gasteiger partial charge in [-0.1, -0.05) is 86.6 Å². The van der Waals surface area contributed by atoms with Gasteiger partial charge in [-0.15, -0.1) is 0 Å². The van der Waals surface area contributed by atoms with Crippen molar-refractivity contribution in [2.75, 3.05) is 0 Å². The van der Waals surface area contributed by atoms with Crippen LogP contribution >= 0.6 is 17.0 Å². The van der Waals surface area contributed by atoms with E-state index in [1.54, 1.807) is 0 Å². The Hall–Kier alpha value is -1.41. The summed E-state index contributed by atoms with van der Waals surface area (Å²) in [5, 5.41) is 11.2. The average molecular weight is 520 g/mol. The number of hydrogen-bond acceptors (Lipinski definition) is 2. The Morgan fingerprint density at radius 1 is 0.900 bits per heavy atom. The predicted octanol–water partition coefficient (Wildman–Crippen LogP) is 7.59. The first kappa shape index (κ1) is 24.9. The van der Waals surface area contributed by atoms with E-state index in [-0.39, 0.29) is 11.5 Å². The number of phenolic OH excluding ortho intramolecular Hbond substituents is 1. The van der Waals surface area contributed by atoms with Crippen molar-refractivity contribution in [2.45, 2.75) is 39.2 Å². The molecule has 0 radical (unpaired) electrons. The molecule has 1 N–H and O–H groups in total. The van der Waals surface area contributed by atoms with Crippen LogP contribution in [-0.2, 0) is 26.3 Å². The number of nitrogens with zero attached hydrogens (tertiary/aromatic N) is 1. The number of phenols is 1. The van der Waals surface area contributed by atoms with Crippen molar-refractivity contribution in [3.63, 3.8) is 0 Å². The first-order valence-electron chi connectivity index (χ1n) is 9.79. The summed E-state index contributed by atoms with van der Waals surface area (Å²) in [5.74, 6) is 0.301. The molecule has 0 saturated carbocycles. The number of aliphatic imine (C=N–C) groups is 1. The van der Waals surface area contributed by atoms with Crippen LogP contribution in [0.4, 0.5) is 0 Å². The SMILES string of the molecule is CC(C)N=Cc1c(-c2ccccc2)ccc(C(C)(C)c2ccccc2)c1O.[Cl][Zr][Cl]. The van der Waals surface area contributed by atoms with Gasteiger partial charge in [-0.2, -0.15) is 0 Å². The Bertz CT molecular complexity index is 958. The van der Waals surface area contributed by atoms with Crippen LogP contribution in [0.5, 0.6) is 5.75 Å². The Morgan fingerprint density at radius 2 is 1.43 bits per heavy atom. The molecule has 0 aliphatic rings. The van der Waals surface area contributed by atoms with E-state index in [1.165, 1.54) is 5.56 Å². The standard InChI is InChI=1S/C25H27NO.2ClH.Zr/c1-18(2)26-17-22-21(19-11-7-5-8-12-19)15-16-23(24(22)27)25(3,4)20-13-9-6-10-14-20;;;/h5-18,27H,1-4H3;2*1H;/q;;;+2/p-2. The van der Waals surface area contributed by atoms with Crippen LogP contribution < -0.4 is 0 Å². The van der Waals surface area contributed by atoms with Crippen molar-refractivity contribution < 1.29 is 26.0 Å². The zero-order chi connectivity index (χ0) is 22.1. The van der Waals surface area contributed by atoms with E-state index in [0.717, 1.165) is 22.3 Å². The molecule has 156 valence electrons. The van der Waals surface area contributed by atoms with Gasteiger partial charge in [0.2, 0.25) is 0 Å². The van der Waals surface area contributed by atoms with Crippen molar-refractivity contribution >= 4 is 23.2 Å². The number of benzene rings is 3. The summed E-state index contributed by atoms with van der Waals surface area (Å²) in [6.45, 7) is 8.35. The molecule has 0 amide bonds.